The highest BCUT2D eigenvalue weighted by molar-refractivity contribution is 6.31. The Morgan fingerprint density at radius 1 is 1.29 bits per heavy atom. The van der Waals surface area contributed by atoms with Gasteiger partial charge >= 0.3 is 18.1 Å². The molecule has 1 aliphatic rings. The highest BCUT2D eigenvalue weighted by Gasteiger charge is 2.44. The van der Waals surface area contributed by atoms with E-state index in [-0.39, 0.29) is 16.6 Å². The van der Waals surface area contributed by atoms with Crippen LogP contribution in [0.25, 0.3) is 11.0 Å². The molecule has 126 valence electrons. The van der Waals surface area contributed by atoms with Crippen LogP contribution in [-0.2, 0) is 4.79 Å². The van der Waals surface area contributed by atoms with Crippen molar-refractivity contribution in [3.63, 3.8) is 0 Å². The largest absolute Gasteiger partial charge is 0.471 e. The Bertz CT molecular complexity index is 871. The number of nitrogens with zero attached hydrogens (tertiary/aromatic N) is 5. The SMILES string of the molecule is CN(C(=O)C(F)(F)F)C1=NN(C)c2nc3ccc(Cl)cc3nc2O1. The number of benzene rings is 1. The van der Waals surface area contributed by atoms with E-state index in [1.807, 2.05) is 0 Å². The summed E-state index contributed by atoms with van der Waals surface area (Å²) in [5, 5.41) is 5.38. The lowest BCUT2D eigenvalue weighted by Crippen LogP contribution is -2.46. The minimum Gasteiger partial charge on any atom is -0.401 e. The lowest BCUT2D eigenvalue weighted by Gasteiger charge is -2.26. The van der Waals surface area contributed by atoms with Crippen molar-refractivity contribution >= 4 is 40.4 Å². The third kappa shape index (κ3) is 2.80. The lowest BCUT2D eigenvalue weighted by atomic mass is 10.3. The first-order valence-electron chi connectivity index (χ1n) is 6.49. The summed E-state index contributed by atoms with van der Waals surface area (Å²) in [5.74, 6) is -2.00. The molecule has 1 amide bonds. The van der Waals surface area contributed by atoms with Gasteiger partial charge in [0, 0.05) is 19.1 Å². The number of anilines is 1. The minimum atomic E-state index is -5.05. The summed E-state index contributed by atoms with van der Waals surface area (Å²) < 4.78 is 42.9. The van der Waals surface area contributed by atoms with Crippen LogP contribution in [0.3, 0.4) is 0 Å². The molecule has 0 spiro atoms. The van der Waals surface area contributed by atoms with Crippen LogP contribution in [0, 0.1) is 0 Å². The van der Waals surface area contributed by atoms with E-state index in [1.165, 1.54) is 18.1 Å². The van der Waals surface area contributed by atoms with E-state index in [0.717, 1.165) is 7.05 Å². The Morgan fingerprint density at radius 2 is 2.00 bits per heavy atom. The summed E-state index contributed by atoms with van der Waals surface area (Å²) in [6.07, 6.45) is -5.05. The Labute approximate surface area is 138 Å². The summed E-state index contributed by atoms with van der Waals surface area (Å²) in [4.78, 5) is 20.0. The third-order valence-corrected chi connectivity index (χ3v) is 3.38. The number of alkyl halides is 3. The Morgan fingerprint density at radius 3 is 2.67 bits per heavy atom. The van der Waals surface area contributed by atoms with Crippen molar-refractivity contribution in [2.45, 2.75) is 6.18 Å². The topological polar surface area (TPSA) is 70.9 Å². The Kier molecular flexibility index (Phi) is 3.71. The van der Waals surface area contributed by atoms with Crippen molar-refractivity contribution < 1.29 is 22.7 Å². The molecule has 0 radical (unpaired) electrons. The van der Waals surface area contributed by atoms with Crippen LogP contribution in [0.1, 0.15) is 0 Å². The first-order chi connectivity index (χ1) is 11.2. The second-order valence-corrected chi connectivity index (χ2v) is 5.29. The van der Waals surface area contributed by atoms with Gasteiger partial charge in [0.1, 0.15) is 0 Å². The first-order valence-corrected chi connectivity index (χ1v) is 6.87. The summed E-state index contributed by atoms with van der Waals surface area (Å²) in [6.45, 7) is 0. The zero-order valence-corrected chi connectivity index (χ0v) is 13.1. The molecule has 0 N–H and O–H groups in total. The average molecular weight is 360 g/mol. The molecule has 0 bridgehead atoms. The molecule has 2 heterocycles. The predicted octanol–water partition coefficient (Wildman–Crippen LogP) is 2.40. The molecule has 0 atom stereocenters. The number of ether oxygens (including phenoxy) is 1. The van der Waals surface area contributed by atoms with Gasteiger partial charge in [-0.15, -0.1) is 5.10 Å². The number of fused-ring (bicyclic) bond motifs is 2. The number of aromatic nitrogens is 2. The molecule has 1 aromatic carbocycles. The van der Waals surface area contributed by atoms with Gasteiger partial charge in [-0.05, 0) is 18.2 Å². The van der Waals surface area contributed by atoms with E-state index in [0.29, 0.717) is 16.1 Å². The van der Waals surface area contributed by atoms with Crippen molar-refractivity contribution in [2.24, 2.45) is 5.10 Å². The van der Waals surface area contributed by atoms with Gasteiger partial charge in [0.05, 0.1) is 11.0 Å². The van der Waals surface area contributed by atoms with Crippen molar-refractivity contribution in [2.75, 3.05) is 19.1 Å². The number of hydrogen-bond donors (Lipinski definition) is 0. The summed E-state index contributed by atoms with van der Waals surface area (Å²) in [5.41, 5.74) is 0.896. The summed E-state index contributed by atoms with van der Waals surface area (Å²) in [7, 11) is 2.35. The van der Waals surface area contributed by atoms with Crippen molar-refractivity contribution in [3.05, 3.63) is 23.2 Å². The number of hydrazone groups is 1. The monoisotopic (exact) mass is 359 g/mol. The third-order valence-electron chi connectivity index (χ3n) is 3.14. The van der Waals surface area contributed by atoms with Gasteiger partial charge in [0.25, 0.3) is 5.88 Å². The van der Waals surface area contributed by atoms with Crippen molar-refractivity contribution in [3.8, 4) is 5.88 Å². The molecule has 7 nitrogen and oxygen atoms in total. The first kappa shape index (κ1) is 16.2. The molecule has 0 saturated heterocycles. The van der Waals surface area contributed by atoms with Crippen LogP contribution in [0.4, 0.5) is 19.0 Å². The molecule has 0 aliphatic carbocycles. The number of amidine groups is 1. The maximum absolute atomic E-state index is 12.5. The van der Waals surface area contributed by atoms with Crippen LogP contribution in [0.15, 0.2) is 23.3 Å². The van der Waals surface area contributed by atoms with E-state index in [2.05, 4.69) is 15.1 Å². The Hall–Kier alpha value is -2.62. The fourth-order valence-electron chi connectivity index (χ4n) is 1.98. The van der Waals surface area contributed by atoms with Gasteiger partial charge in [-0.25, -0.2) is 15.0 Å². The smallest absolute Gasteiger partial charge is 0.401 e. The molecule has 3 rings (SSSR count). The van der Waals surface area contributed by atoms with E-state index < -0.39 is 18.1 Å². The maximum atomic E-state index is 12.5. The fraction of sp³-hybridized carbons (Fsp3) is 0.231. The standard InChI is InChI=1S/C13H9ClF3N5O2/c1-21(11(23)13(15,16)17)12-20-22(2)9-10(24-12)19-8-5-6(14)3-4-7(8)18-9/h3-5H,1-2H3. The molecule has 1 aromatic heterocycles. The zero-order chi connectivity index (χ0) is 17.6. The van der Waals surface area contributed by atoms with Crippen LogP contribution in [-0.4, -0.2) is 47.1 Å². The molecular weight excluding hydrogens is 351 g/mol. The highest BCUT2D eigenvalue weighted by Crippen LogP contribution is 2.31. The summed E-state index contributed by atoms with van der Waals surface area (Å²) >= 11 is 5.88. The van der Waals surface area contributed by atoms with Gasteiger partial charge in [-0.2, -0.15) is 13.2 Å². The molecule has 11 heteroatoms. The minimum absolute atomic E-state index is 0.0842. The van der Waals surface area contributed by atoms with Crippen LogP contribution in [0.5, 0.6) is 5.88 Å². The maximum Gasteiger partial charge on any atom is 0.471 e. The van der Waals surface area contributed by atoms with Crippen molar-refractivity contribution in [1.82, 2.24) is 14.9 Å². The molecule has 0 fully saturated rings. The molecule has 0 saturated carbocycles. The van der Waals surface area contributed by atoms with E-state index >= 15 is 0 Å². The fourth-order valence-corrected chi connectivity index (χ4v) is 2.14. The lowest BCUT2D eigenvalue weighted by molar-refractivity contribution is -0.180. The number of rotatable bonds is 0. The molecule has 24 heavy (non-hydrogen) atoms. The van der Waals surface area contributed by atoms with Crippen molar-refractivity contribution in [1.29, 1.82) is 0 Å². The normalized spacial score (nSPS) is 14.1. The van der Waals surface area contributed by atoms with Gasteiger partial charge in [0.2, 0.25) is 5.82 Å². The van der Waals surface area contributed by atoms with E-state index in [9.17, 15) is 18.0 Å². The second-order valence-electron chi connectivity index (χ2n) is 4.86. The second kappa shape index (κ2) is 5.48. The number of carbonyl (C=O) groups excluding carboxylic acids is 1. The molecule has 1 aliphatic heterocycles. The van der Waals surface area contributed by atoms with Crippen LogP contribution in [0.2, 0.25) is 5.02 Å². The molecular formula is C13H9ClF3N5O2. The highest BCUT2D eigenvalue weighted by atomic mass is 35.5. The van der Waals surface area contributed by atoms with Gasteiger partial charge in [0.15, 0.2) is 0 Å². The van der Waals surface area contributed by atoms with Gasteiger partial charge in [-0.1, -0.05) is 11.6 Å². The van der Waals surface area contributed by atoms with Gasteiger partial charge in [-0.3, -0.25) is 9.69 Å². The van der Waals surface area contributed by atoms with E-state index in [4.69, 9.17) is 16.3 Å². The van der Waals surface area contributed by atoms with Crippen LogP contribution < -0.4 is 9.75 Å². The molecule has 2 aromatic rings. The number of hydrogen-bond acceptors (Lipinski definition) is 6. The number of carbonyl (C=O) groups is 1. The Balaban J connectivity index is 2.00. The average Bonchev–Trinajstić information content (AvgIpc) is 2.50. The number of halogens is 4. The van der Waals surface area contributed by atoms with E-state index in [1.54, 1.807) is 12.1 Å². The quantitative estimate of drug-likeness (QED) is 0.722. The van der Waals surface area contributed by atoms with Gasteiger partial charge < -0.3 is 4.74 Å². The molecule has 0 unspecified atom stereocenters. The van der Waals surface area contributed by atoms with Crippen LogP contribution >= 0.6 is 11.6 Å². The zero-order valence-electron chi connectivity index (χ0n) is 12.3. The summed E-state index contributed by atoms with van der Waals surface area (Å²) in [6, 6.07) is 4.22. The predicted molar refractivity (Wildman–Crippen MR) is 79.8 cm³/mol. The number of amides is 1.